The lowest BCUT2D eigenvalue weighted by molar-refractivity contribution is 0.282. The predicted molar refractivity (Wildman–Crippen MR) is 206 cm³/mol. The van der Waals surface area contributed by atoms with Crippen molar-refractivity contribution in [3.05, 3.63) is 196 Å². The Kier molecular flexibility index (Phi) is 6.72. The molecule has 0 amide bonds. The lowest BCUT2D eigenvalue weighted by atomic mass is 9.66. The van der Waals surface area contributed by atoms with Crippen LogP contribution in [-0.2, 0) is 12.0 Å². The monoisotopic (exact) mass is 681 g/mol. The van der Waals surface area contributed by atoms with Gasteiger partial charge in [-0.2, -0.15) is 0 Å². The fourth-order valence-corrected chi connectivity index (χ4v) is 8.33. The number of ether oxygens (including phenoxy) is 1. The molecular formula is C47H27N3O3. The molecule has 1 aliphatic carbocycles. The summed E-state index contributed by atoms with van der Waals surface area (Å²) in [4.78, 5) is 12.6. The molecule has 0 saturated carbocycles. The van der Waals surface area contributed by atoms with E-state index in [1.165, 1.54) is 5.56 Å². The van der Waals surface area contributed by atoms with E-state index in [9.17, 15) is 5.11 Å². The van der Waals surface area contributed by atoms with Crippen molar-refractivity contribution in [1.82, 2.24) is 4.98 Å². The maximum atomic E-state index is 10.3. The first-order chi connectivity index (χ1) is 26.1. The van der Waals surface area contributed by atoms with Crippen LogP contribution in [0, 0.1) is 13.1 Å². The number of aromatic nitrogens is 1. The Hall–Kier alpha value is -7.25. The number of hydrogen-bond acceptors (Lipinski definition) is 4. The second-order valence-electron chi connectivity index (χ2n) is 13.3. The Bertz CT molecular complexity index is 2790. The number of benzene rings is 7. The van der Waals surface area contributed by atoms with Gasteiger partial charge >= 0.3 is 0 Å². The van der Waals surface area contributed by atoms with Gasteiger partial charge in [0.15, 0.2) is 17.0 Å². The third-order valence-corrected chi connectivity index (χ3v) is 10.5. The smallest absolute Gasteiger partial charge is 0.227 e. The molecule has 0 radical (unpaired) electrons. The number of hydrogen-bond donors (Lipinski definition) is 1. The van der Waals surface area contributed by atoms with Crippen LogP contribution in [0.25, 0.3) is 65.6 Å². The molecule has 248 valence electrons. The molecule has 0 atom stereocenters. The SMILES string of the molecule is [C-]#[N+]c1cc(-c2ccc3c(c2)C2(c4ccccc4Oc4ccccc42)c2ccccc2-3)cc([N+]#[C-])c1-c1cc(CO)cc(-c2nc3ccccc3o2)c1. The fourth-order valence-electron chi connectivity index (χ4n) is 8.33. The highest BCUT2D eigenvalue weighted by atomic mass is 16.5. The third-order valence-electron chi connectivity index (χ3n) is 10.5. The van der Waals surface area contributed by atoms with Gasteiger partial charge in [0.2, 0.25) is 5.89 Å². The zero-order valence-corrected chi connectivity index (χ0v) is 28.2. The molecule has 0 bridgehead atoms. The summed E-state index contributed by atoms with van der Waals surface area (Å²) in [7, 11) is 0. The number of aliphatic hydroxyl groups excluding tert-OH is 1. The summed E-state index contributed by atoms with van der Waals surface area (Å²) in [5, 5.41) is 10.3. The molecule has 0 unspecified atom stereocenters. The molecule has 0 saturated heterocycles. The van der Waals surface area contributed by atoms with E-state index in [0.717, 1.165) is 56.0 Å². The average molecular weight is 682 g/mol. The van der Waals surface area contributed by atoms with Crippen molar-refractivity contribution in [2.24, 2.45) is 0 Å². The molecule has 53 heavy (non-hydrogen) atoms. The van der Waals surface area contributed by atoms with Gasteiger partial charge in [-0.3, -0.25) is 0 Å². The third kappa shape index (κ3) is 4.44. The highest BCUT2D eigenvalue weighted by Gasteiger charge is 2.51. The Balaban J connectivity index is 1.17. The van der Waals surface area contributed by atoms with Crippen LogP contribution < -0.4 is 4.74 Å². The van der Waals surface area contributed by atoms with Crippen LogP contribution in [0.3, 0.4) is 0 Å². The molecule has 1 spiro atoms. The molecule has 2 heterocycles. The van der Waals surface area contributed by atoms with Gasteiger partial charge in [0, 0.05) is 16.7 Å². The van der Waals surface area contributed by atoms with E-state index < -0.39 is 5.41 Å². The molecule has 6 nitrogen and oxygen atoms in total. The molecule has 2 aliphatic rings. The van der Waals surface area contributed by atoms with E-state index in [1.807, 2.05) is 78.9 Å². The number of para-hydroxylation sites is 4. The van der Waals surface area contributed by atoms with E-state index in [4.69, 9.17) is 22.3 Å². The lowest BCUT2D eigenvalue weighted by Gasteiger charge is -2.39. The summed E-state index contributed by atoms with van der Waals surface area (Å²) < 4.78 is 12.6. The van der Waals surface area contributed by atoms with E-state index in [1.54, 1.807) is 0 Å². The summed E-state index contributed by atoms with van der Waals surface area (Å²) in [5.41, 5.74) is 12.2. The van der Waals surface area contributed by atoms with E-state index in [0.29, 0.717) is 45.1 Å². The van der Waals surface area contributed by atoms with Gasteiger partial charge in [-0.05, 0) is 92.5 Å². The summed E-state index contributed by atoms with van der Waals surface area (Å²) in [6, 6.07) is 48.3. The van der Waals surface area contributed by atoms with Crippen LogP contribution in [0.2, 0.25) is 0 Å². The van der Waals surface area contributed by atoms with Crippen molar-refractivity contribution in [2.45, 2.75) is 12.0 Å². The molecule has 10 rings (SSSR count). The standard InChI is InChI=1S/C47H27N3O3/c1-48-40-25-30(26-41(49-2)45(40)31-21-28(27-51)22-32(23-31)46-50-39-15-7-10-18-44(39)53-46)29-19-20-34-33-11-3-4-12-35(33)47(38(34)24-29)36-13-5-8-16-42(36)52-43-17-9-6-14-37(43)47/h3-26,51H,27H2. The Morgan fingerprint density at radius 2 is 1.19 bits per heavy atom. The van der Waals surface area contributed by atoms with Crippen LogP contribution in [-0.4, -0.2) is 10.1 Å². The summed E-state index contributed by atoms with van der Waals surface area (Å²) in [6.07, 6.45) is 0. The summed E-state index contributed by atoms with van der Waals surface area (Å²) >= 11 is 0. The topological polar surface area (TPSA) is 64.2 Å². The van der Waals surface area contributed by atoms with Gasteiger partial charge in [0.25, 0.3) is 0 Å². The van der Waals surface area contributed by atoms with Crippen LogP contribution in [0.1, 0.15) is 27.8 Å². The van der Waals surface area contributed by atoms with E-state index in [-0.39, 0.29) is 6.61 Å². The van der Waals surface area contributed by atoms with Crippen molar-refractivity contribution in [3.63, 3.8) is 0 Å². The van der Waals surface area contributed by atoms with E-state index >= 15 is 0 Å². The van der Waals surface area contributed by atoms with Gasteiger partial charge in [-0.1, -0.05) is 103 Å². The minimum Gasteiger partial charge on any atom is -0.457 e. The van der Waals surface area contributed by atoms with Crippen molar-refractivity contribution in [1.29, 1.82) is 0 Å². The summed E-state index contributed by atoms with van der Waals surface area (Å²) in [6.45, 7) is 16.4. The maximum absolute atomic E-state index is 10.3. The van der Waals surface area contributed by atoms with Gasteiger partial charge < -0.3 is 14.3 Å². The highest BCUT2D eigenvalue weighted by molar-refractivity contribution is 5.96. The van der Waals surface area contributed by atoms with Crippen LogP contribution in [0.4, 0.5) is 11.4 Å². The first-order valence-corrected chi connectivity index (χ1v) is 17.3. The first kappa shape index (κ1) is 30.6. The number of oxazole rings is 1. The minimum atomic E-state index is -0.635. The van der Waals surface area contributed by atoms with Crippen molar-refractivity contribution in [3.8, 4) is 56.3 Å². The van der Waals surface area contributed by atoms with Gasteiger partial charge in [-0.15, -0.1) is 0 Å². The quantitative estimate of drug-likeness (QED) is 0.188. The fraction of sp³-hybridized carbons (Fsp3) is 0.0426. The van der Waals surface area contributed by atoms with Crippen LogP contribution >= 0.6 is 0 Å². The molecular weight excluding hydrogens is 655 g/mol. The largest absolute Gasteiger partial charge is 0.457 e. The Morgan fingerprint density at radius 1 is 0.566 bits per heavy atom. The van der Waals surface area contributed by atoms with Gasteiger partial charge in [0.1, 0.15) is 17.0 Å². The molecule has 0 fully saturated rings. The van der Waals surface area contributed by atoms with E-state index in [2.05, 4.69) is 81.4 Å². The van der Waals surface area contributed by atoms with Gasteiger partial charge in [0.05, 0.1) is 25.2 Å². The maximum Gasteiger partial charge on any atom is 0.227 e. The molecule has 8 aromatic rings. The molecule has 1 aromatic heterocycles. The van der Waals surface area contributed by atoms with Gasteiger partial charge in [-0.25, -0.2) is 14.7 Å². The Morgan fingerprint density at radius 3 is 1.89 bits per heavy atom. The zero-order chi connectivity index (χ0) is 35.7. The number of aliphatic hydroxyl groups is 1. The van der Waals surface area contributed by atoms with Crippen LogP contribution in [0.5, 0.6) is 11.5 Å². The average Bonchev–Trinajstić information content (AvgIpc) is 3.78. The lowest BCUT2D eigenvalue weighted by Crippen LogP contribution is -2.32. The second kappa shape index (κ2) is 11.6. The van der Waals surface area contributed by atoms with Crippen molar-refractivity contribution < 1.29 is 14.3 Å². The normalized spacial score (nSPS) is 13.0. The zero-order valence-electron chi connectivity index (χ0n) is 28.2. The second-order valence-corrected chi connectivity index (χ2v) is 13.3. The highest BCUT2D eigenvalue weighted by Crippen LogP contribution is 2.62. The molecule has 7 aromatic carbocycles. The minimum absolute atomic E-state index is 0.226. The first-order valence-electron chi connectivity index (χ1n) is 17.3. The Labute approximate surface area is 305 Å². The molecule has 1 N–H and O–H groups in total. The number of fused-ring (bicyclic) bond motifs is 10. The number of nitrogens with zero attached hydrogens (tertiary/aromatic N) is 3. The van der Waals surface area contributed by atoms with Crippen LogP contribution in [0.15, 0.2) is 150 Å². The van der Waals surface area contributed by atoms with Crippen molar-refractivity contribution in [2.75, 3.05) is 0 Å². The molecule has 1 aliphatic heterocycles. The predicted octanol–water partition coefficient (Wildman–Crippen LogP) is 11.9. The molecule has 6 heteroatoms. The summed E-state index contributed by atoms with van der Waals surface area (Å²) in [5.74, 6) is 2.03. The number of rotatable bonds is 4. The van der Waals surface area contributed by atoms with Crippen molar-refractivity contribution >= 4 is 22.5 Å².